The second-order valence-corrected chi connectivity index (χ2v) is 5.98. The molecule has 118 valence electrons. The molecule has 1 heterocycles. The Morgan fingerprint density at radius 2 is 1.91 bits per heavy atom. The van der Waals surface area contributed by atoms with Gasteiger partial charge in [-0.05, 0) is 29.6 Å². The highest BCUT2D eigenvalue weighted by molar-refractivity contribution is 7.98. The fourth-order valence-electron chi connectivity index (χ4n) is 2.29. The number of fused-ring (bicyclic) bond motifs is 1. The van der Waals surface area contributed by atoms with Gasteiger partial charge in [-0.15, -0.1) is 0 Å². The van der Waals surface area contributed by atoms with E-state index < -0.39 is 0 Å². The highest BCUT2D eigenvalue weighted by atomic mass is 32.2. The zero-order chi connectivity index (χ0) is 16.1. The molecule has 5 nitrogen and oxygen atoms in total. The topological polar surface area (TPSA) is 73.7 Å². The molecule has 1 aliphatic heterocycles. The van der Waals surface area contributed by atoms with Gasteiger partial charge >= 0.3 is 0 Å². The first-order valence-corrected chi connectivity index (χ1v) is 8.14. The highest BCUT2D eigenvalue weighted by Gasteiger charge is 2.19. The maximum absolute atomic E-state index is 12.3. The summed E-state index contributed by atoms with van der Waals surface area (Å²) in [6.45, 7) is 0.328. The van der Waals surface area contributed by atoms with Crippen LogP contribution in [0.2, 0.25) is 0 Å². The van der Waals surface area contributed by atoms with E-state index in [-0.39, 0.29) is 24.3 Å². The number of hydrogen-bond donors (Lipinski definition) is 3. The molecule has 0 aromatic heterocycles. The summed E-state index contributed by atoms with van der Waals surface area (Å²) < 4.78 is 2.95. The molecule has 1 atom stereocenters. The van der Waals surface area contributed by atoms with Crippen molar-refractivity contribution < 1.29 is 9.90 Å². The summed E-state index contributed by atoms with van der Waals surface area (Å²) in [6, 6.07) is 17.3. The summed E-state index contributed by atoms with van der Waals surface area (Å²) in [7, 11) is 0. The molecule has 0 aliphatic carbocycles. The summed E-state index contributed by atoms with van der Waals surface area (Å²) >= 11 is 1.37. The van der Waals surface area contributed by atoms with E-state index >= 15 is 0 Å². The number of para-hydroxylation sites is 1. The van der Waals surface area contributed by atoms with Crippen molar-refractivity contribution in [2.24, 2.45) is 4.99 Å². The van der Waals surface area contributed by atoms with Gasteiger partial charge in [-0.2, -0.15) is 0 Å². The molecule has 1 unspecified atom stereocenters. The van der Waals surface area contributed by atoms with Gasteiger partial charge in [-0.25, -0.2) is 4.99 Å². The van der Waals surface area contributed by atoms with E-state index in [1.54, 1.807) is 0 Å². The molecule has 0 bridgehead atoms. The molecule has 0 spiro atoms. The van der Waals surface area contributed by atoms with Crippen molar-refractivity contribution >= 4 is 29.4 Å². The first-order chi connectivity index (χ1) is 11.3. The van der Waals surface area contributed by atoms with Crippen LogP contribution in [0.5, 0.6) is 0 Å². The van der Waals surface area contributed by atoms with Gasteiger partial charge in [-0.3, -0.25) is 4.79 Å². The van der Waals surface area contributed by atoms with Gasteiger partial charge in [0.2, 0.25) is 5.84 Å². The lowest BCUT2D eigenvalue weighted by atomic mass is 10.0. The van der Waals surface area contributed by atoms with Gasteiger partial charge in [0.1, 0.15) is 0 Å². The Morgan fingerprint density at radius 3 is 2.70 bits per heavy atom. The van der Waals surface area contributed by atoms with Crippen molar-refractivity contribution in [2.75, 3.05) is 13.2 Å². The van der Waals surface area contributed by atoms with E-state index in [9.17, 15) is 9.90 Å². The molecule has 6 heteroatoms. The molecule has 2 aromatic carbocycles. The average Bonchev–Trinajstić information content (AvgIpc) is 2.62. The first-order valence-electron chi connectivity index (χ1n) is 7.32. The number of hydrogen-bond acceptors (Lipinski definition) is 5. The molecule has 3 rings (SSSR count). The van der Waals surface area contributed by atoms with Gasteiger partial charge in [0.25, 0.3) is 5.91 Å². The molecule has 0 fully saturated rings. The number of amides is 1. The van der Waals surface area contributed by atoms with E-state index in [2.05, 4.69) is 15.0 Å². The van der Waals surface area contributed by atoms with E-state index in [1.165, 1.54) is 11.9 Å². The van der Waals surface area contributed by atoms with Crippen LogP contribution in [-0.2, 0) is 4.79 Å². The van der Waals surface area contributed by atoms with E-state index in [4.69, 9.17) is 0 Å². The number of aliphatic hydroxyl groups excluding tert-OH is 1. The predicted molar refractivity (Wildman–Crippen MR) is 91.8 cm³/mol. The molecule has 1 amide bonds. The van der Waals surface area contributed by atoms with Gasteiger partial charge in [0, 0.05) is 12.5 Å². The molecular weight excluding hydrogens is 310 g/mol. The molecule has 23 heavy (non-hydrogen) atoms. The molecule has 0 saturated heterocycles. The second-order valence-electron chi connectivity index (χ2n) is 5.13. The Bertz CT molecular complexity index is 719. The monoisotopic (exact) mass is 327 g/mol. The number of aliphatic imine (C=N–C) groups is 1. The average molecular weight is 327 g/mol. The first kappa shape index (κ1) is 15.6. The fraction of sp³-hybridized carbons (Fsp3) is 0.176. The molecule has 0 saturated carbocycles. The molecular formula is C17H17N3O2S. The molecule has 1 aliphatic rings. The number of rotatable bonds is 5. The number of aliphatic hydroxyl groups is 1. The van der Waals surface area contributed by atoms with Crippen molar-refractivity contribution in [1.82, 2.24) is 10.0 Å². The third kappa shape index (κ3) is 3.72. The maximum atomic E-state index is 12.3. The number of nitrogens with zero attached hydrogens (tertiary/aromatic N) is 1. The van der Waals surface area contributed by atoms with Crippen LogP contribution in [0.4, 0.5) is 5.69 Å². The number of carbonyl (C=O) groups is 1. The Morgan fingerprint density at radius 1 is 1.17 bits per heavy atom. The van der Waals surface area contributed by atoms with Crippen LogP contribution in [0.3, 0.4) is 0 Å². The fourth-order valence-corrected chi connectivity index (χ4v) is 3.00. The van der Waals surface area contributed by atoms with E-state index in [0.717, 1.165) is 16.1 Å². The number of carbonyl (C=O) groups excluding carboxylic acids is 1. The lowest BCUT2D eigenvalue weighted by molar-refractivity contribution is -0.115. The Balaban J connectivity index is 1.65. The Kier molecular flexibility index (Phi) is 4.95. The van der Waals surface area contributed by atoms with Crippen LogP contribution in [0.15, 0.2) is 64.5 Å². The summed E-state index contributed by atoms with van der Waals surface area (Å²) in [5.74, 6) is -0.135. The van der Waals surface area contributed by atoms with Crippen molar-refractivity contribution in [2.45, 2.75) is 10.8 Å². The Labute approximate surface area is 139 Å². The lowest BCUT2D eigenvalue weighted by Crippen LogP contribution is -2.40. The minimum atomic E-state index is -0.276. The van der Waals surface area contributed by atoms with Gasteiger partial charge in [-0.1, -0.05) is 42.5 Å². The van der Waals surface area contributed by atoms with E-state index in [0.29, 0.717) is 6.54 Å². The van der Waals surface area contributed by atoms with Crippen LogP contribution in [-0.4, -0.2) is 30.0 Å². The van der Waals surface area contributed by atoms with Gasteiger partial charge in [0.15, 0.2) is 0 Å². The number of amidine groups is 1. The highest BCUT2D eigenvalue weighted by Crippen LogP contribution is 2.30. The van der Waals surface area contributed by atoms with E-state index in [1.807, 2.05) is 54.6 Å². The second kappa shape index (κ2) is 7.30. The quantitative estimate of drug-likeness (QED) is 0.736. The van der Waals surface area contributed by atoms with Crippen molar-refractivity contribution in [3.63, 3.8) is 0 Å². The van der Waals surface area contributed by atoms with Crippen molar-refractivity contribution in [1.29, 1.82) is 0 Å². The van der Waals surface area contributed by atoms with Crippen molar-refractivity contribution in [3.8, 4) is 0 Å². The zero-order valence-corrected chi connectivity index (χ0v) is 13.2. The molecule has 0 radical (unpaired) electrons. The minimum absolute atomic E-state index is 0.0260. The third-order valence-electron chi connectivity index (χ3n) is 3.57. The largest absolute Gasteiger partial charge is 0.396 e. The summed E-state index contributed by atoms with van der Waals surface area (Å²) in [5, 5.41) is 12.4. The number of benzene rings is 2. The van der Waals surface area contributed by atoms with Crippen LogP contribution in [0.1, 0.15) is 11.5 Å². The maximum Gasteiger partial charge on any atom is 0.287 e. The lowest BCUT2D eigenvalue weighted by Gasteiger charge is -2.18. The summed E-state index contributed by atoms with van der Waals surface area (Å²) in [4.78, 5) is 17.6. The smallest absolute Gasteiger partial charge is 0.287 e. The minimum Gasteiger partial charge on any atom is -0.396 e. The van der Waals surface area contributed by atoms with Gasteiger partial charge < -0.3 is 15.1 Å². The molecule has 3 N–H and O–H groups in total. The normalized spacial score (nSPS) is 14.2. The number of nitrogens with one attached hydrogen (secondary N) is 2. The van der Waals surface area contributed by atoms with Crippen LogP contribution < -0.4 is 10.0 Å². The summed E-state index contributed by atoms with van der Waals surface area (Å²) in [6.07, 6.45) is 0. The SMILES string of the molecule is O=C(NCC(CO)c1ccccc1)C1=Nc2ccccc2SN1. The third-order valence-corrected chi connectivity index (χ3v) is 4.43. The zero-order valence-electron chi connectivity index (χ0n) is 12.4. The van der Waals surface area contributed by atoms with Gasteiger partial charge in [0.05, 0.1) is 17.2 Å². The predicted octanol–water partition coefficient (Wildman–Crippen LogP) is 2.22. The molecule has 2 aromatic rings. The summed E-state index contributed by atoms with van der Waals surface area (Å²) in [5.41, 5.74) is 1.77. The van der Waals surface area contributed by atoms with Crippen LogP contribution >= 0.6 is 11.9 Å². The van der Waals surface area contributed by atoms with Crippen LogP contribution in [0.25, 0.3) is 0 Å². The Hall–Kier alpha value is -2.31. The van der Waals surface area contributed by atoms with Crippen molar-refractivity contribution in [3.05, 3.63) is 60.2 Å². The van der Waals surface area contributed by atoms with Crippen LogP contribution in [0, 0.1) is 0 Å². The standard InChI is InChI=1S/C17H17N3O2S/c21-11-13(12-6-2-1-3-7-12)10-18-17(22)16-19-14-8-4-5-9-15(14)23-20-16/h1-9,13,21H,10-11H2,(H,18,22)(H,19,20).